The quantitative estimate of drug-likeness (QED) is 0.347. The Morgan fingerprint density at radius 1 is 0.800 bits per heavy atom. The van der Waals surface area contributed by atoms with E-state index in [9.17, 15) is 13.2 Å². The lowest BCUT2D eigenvalue weighted by Gasteiger charge is -2.13. The molecule has 35 heavy (non-hydrogen) atoms. The Labute approximate surface area is 203 Å². The predicted molar refractivity (Wildman–Crippen MR) is 139 cm³/mol. The molecule has 4 aromatic carbocycles. The molecular weight excluding hydrogens is 458 g/mol. The molecule has 174 valence electrons. The van der Waals surface area contributed by atoms with Crippen LogP contribution in [0.5, 0.6) is 0 Å². The van der Waals surface area contributed by atoms with Crippen molar-refractivity contribution in [1.29, 1.82) is 0 Å². The van der Waals surface area contributed by atoms with Crippen molar-refractivity contribution in [2.75, 3.05) is 5.32 Å². The highest BCUT2D eigenvalue weighted by Crippen LogP contribution is 2.32. The van der Waals surface area contributed by atoms with Gasteiger partial charge in [0, 0.05) is 17.1 Å². The molecule has 6 nitrogen and oxygen atoms in total. The summed E-state index contributed by atoms with van der Waals surface area (Å²) in [5, 5.41) is 10.4. The van der Waals surface area contributed by atoms with Gasteiger partial charge in [-0.05, 0) is 71.8 Å². The van der Waals surface area contributed by atoms with Gasteiger partial charge in [-0.3, -0.25) is 4.79 Å². The summed E-state index contributed by atoms with van der Waals surface area (Å²) in [4.78, 5) is 13.3. The number of carbonyl (C=O) groups is 1. The van der Waals surface area contributed by atoms with Crippen molar-refractivity contribution >= 4 is 32.4 Å². The van der Waals surface area contributed by atoms with E-state index in [2.05, 4.69) is 11.4 Å². The number of aromatic nitrogens is 1. The Morgan fingerprint density at radius 2 is 1.46 bits per heavy atom. The highest BCUT2D eigenvalue weighted by atomic mass is 32.2. The van der Waals surface area contributed by atoms with Crippen molar-refractivity contribution in [2.24, 2.45) is 5.14 Å². The van der Waals surface area contributed by atoms with E-state index in [1.54, 1.807) is 12.1 Å². The molecule has 1 amide bonds. The molecule has 0 bridgehead atoms. The molecule has 0 aliphatic heterocycles. The number of nitrogens with two attached hydrogens (primary N) is 1. The van der Waals surface area contributed by atoms with E-state index in [-0.39, 0.29) is 10.8 Å². The van der Waals surface area contributed by atoms with Gasteiger partial charge >= 0.3 is 0 Å². The summed E-state index contributed by atoms with van der Waals surface area (Å²) < 4.78 is 25.4. The first-order valence-corrected chi connectivity index (χ1v) is 12.6. The first kappa shape index (κ1) is 22.6. The zero-order valence-electron chi connectivity index (χ0n) is 19.0. The highest BCUT2D eigenvalue weighted by molar-refractivity contribution is 7.89. The number of sulfonamides is 1. The standard InChI is InChI=1S/C28H23N3O3S/c1-19-26(28(32)30-23-9-3-2-4-10-23)18-27(22-12-11-20-7-5-6-8-21(20)17-22)31(19)24-13-15-25(16-14-24)35(29,33)34/h2-18H,1H3,(H,30,32)(H2,29,33,34). The van der Waals surface area contributed by atoms with Crippen LogP contribution in [0, 0.1) is 6.92 Å². The third kappa shape index (κ3) is 4.47. The van der Waals surface area contributed by atoms with Crippen LogP contribution in [0.3, 0.4) is 0 Å². The number of hydrogen-bond donors (Lipinski definition) is 2. The molecule has 1 heterocycles. The number of fused-ring (bicyclic) bond motifs is 1. The van der Waals surface area contributed by atoms with Crippen molar-refractivity contribution in [3.8, 4) is 16.9 Å². The van der Waals surface area contributed by atoms with Gasteiger partial charge in [0.2, 0.25) is 10.0 Å². The largest absolute Gasteiger partial charge is 0.322 e. The third-order valence-corrected chi connectivity index (χ3v) is 6.92. The molecule has 0 spiro atoms. The average Bonchev–Trinajstić information content (AvgIpc) is 3.21. The lowest BCUT2D eigenvalue weighted by molar-refractivity contribution is 0.102. The van der Waals surface area contributed by atoms with Gasteiger partial charge in [0.15, 0.2) is 0 Å². The predicted octanol–water partition coefficient (Wildman–Crippen LogP) is 5.51. The van der Waals surface area contributed by atoms with E-state index < -0.39 is 10.0 Å². The van der Waals surface area contributed by atoms with Crippen LogP contribution in [0.4, 0.5) is 5.69 Å². The number of anilines is 1. The number of amides is 1. The lowest BCUT2D eigenvalue weighted by Crippen LogP contribution is -2.13. The second kappa shape index (κ2) is 8.87. The van der Waals surface area contributed by atoms with Crippen molar-refractivity contribution in [2.45, 2.75) is 11.8 Å². The van der Waals surface area contributed by atoms with Crippen LogP contribution in [-0.2, 0) is 10.0 Å². The van der Waals surface area contributed by atoms with Gasteiger partial charge in [-0.15, -0.1) is 0 Å². The Balaban J connectivity index is 1.66. The summed E-state index contributed by atoms with van der Waals surface area (Å²) in [6, 6.07) is 31.7. The third-order valence-electron chi connectivity index (χ3n) is 5.99. The normalized spacial score (nSPS) is 11.5. The van der Waals surface area contributed by atoms with Crippen molar-refractivity contribution in [3.63, 3.8) is 0 Å². The van der Waals surface area contributed by atoms with Crippen molar-refractivity contribution < 1.29 is 13.2 Å². The Bertz CT molecular complexity index is 1660. The van der Waals surface area contributed by atoms with Gasteiger partial charge in [0.25, 0.3) is 5.91 Å². The first-order chi connectivity index (χ1) is 16.8. The van der Waals surface area contributed by atoms with Gasteiger partial charge in [-0.1, -0.05) is 54.6 Å². The van der Waals surface area contributed by atoms with Gasteiger partial charge in [-0.2, -0.15) is 0 Å². The van der Waals surface area contributed by atoms with E-state index in [4.69, 9.17) is 5.14 Å². The van der Waals surface area contributed by atoms with Crippen LogP contribution in [-0.4, -0.2) is 18.9 Å². The molecule has 1 aromatic heterocycles. The minimum Gasteiger partial charge on any atom is -0.322 e. The van der Waals surface area contributed by atoms with Crippen LogP contribution >= 0.6 is 0 Å². The molecule has 0 aliphatic carbocycles. The maximum Gasteiger partial charge on any atom is 0.257 e. The number of nitrogens with one attached hydrogen (secondary N) is 1. The average molecular weight is 482 g/mol. The lowest BCUT2D eigenvalue weighted by atomic mass is 10.0. The van der Waals surface area contributed by atoms with E-state index in [0.717, 1.165) is 33.4 Å². The second-order valence-corrected chi connectivity index (χ2v) is 9.85. The van der Waals surface area contributed by atoms with Crippen LogP contribution < -0.4 is 10.5 Å². The zero-order valence-corrected chi connectivity index (χ0v) is 19.8. The molecular formula is C28H23N3O3S. The molecule has 0 saturated heterocycles. The highest BCUT2D eigenvalue weighted by Gasteiger charge is 2.20. The van der Waals surface area contributed by atoms with Crippen LogP contribution in [0.2, 0.25) is 0 Å². The summed E-state index contributed by atoms with van der Waals surface area (Å²) in [6.45, 7) is 1.87. The molecule has 0 atom stereocenters. The Kier molecular flexibility index (Phi) is 5.72. The molecule has 0 radical (unpaired) electrons. The van der Waals surface area contributed by atoms with E-state index in [0.29, 0.717) is 11.3 Å². The van der Waals surface area contributed by atoms with Crippen LogP contribution in [0.25, 0.3) is 27.7 Å². The molecule has 0 aliphatic rings. The Hall–Kier alpha value is -4.20. The number of carbonyl (C=O) groups excluding carboxylic acids is 1. The molecule has 0 unspecified atom stereocenters. The summed E-state index contributed by atoms with van der Waals surface area (Å²) in [7, 11) is -3.81. The number of para-hydroxylation sites is 1. The molecule has 0 fully saturated rings. The summed E-state index contributed by atoms with van der Waals surface area (Å²) in [6.07, 6.45) is 0. The smallest absolute Gasteiger partial charge is 0.257 e. The monoisotopic (exact) mass is 481 g/mol. The van der Waals surface area contributed by atoms with Crippen LogP contribution in [0.1, 0.15) is 16.1 Å². The second-order valence-electron chi connectivity index (χ2n) is 8.29. The maximum absolute atomic E-state index is 13.2. The van der Waals surface area contributed by atoms with Crippen molar-refractivity contribution in [1.82, 2.24) is 4.57 Å². The topological polar surface area (TPSA) is 94.2 Å². The number of benzene rings is 4. The Morgan fingerprint density at radius 3 is 2.14 bits per heavy atom. The fraction of sp³-hybridized carbons (Fsp3) is 0.0357. The molecule has 3 N–H and O–H groups in total. The minimum absolute atomic E-state index is 0.0281. The van der Waals surface area contributed by atoms with Gasteiger partial charge in [0.1, 0.15) is 0 Å². The van der Waals surface area contributed by atoms with E-state index in [1.165, 1.54) is 12.1 Å². The molecule has 5 aromatic rings. The van der Waals surface area contributed by atoms with E-state index in [1.807, 2.05) is 84.3 Å². The van der Waals surface area contributed by atoms with Crippen LogP contribution in [0.15, 0.2) is 108 Å². The number of hydrogen-bond acceptors (Lipinski definition) is 3. The minimum atomic E-state index is -3.81. The SMILES string of the molecule is Cc1c(C(=O)Nc2ccccc2)cc(-c2ccc3ccccc3c2)n1-c1ccc(S(N)(=O)=O)cc1. The fourth-order valence-electron chi connectivity index (χ4n) is 4.24. The van der Waals surface area contributed by atoms with E-state index >= 15 is 0 Å². The first-order valence-electron chi connectivity index (χ1n) is 11.0. The number of nitrogens with zero attached hydrogens (tertiary/aromatic N) is 1. The van der Waals surface area contributed by atoms with Gasteiger partial charge < -0.3 is 9.88 Å². The maximum atomic E-state index is 13.2. The molecule has 7 heteroatoms. The zero-order chi connectivity index (χ0) is 24.6. The molecule has 5 rings (SSSR count). The van der Waals surface area contributed by atoms with Gasteiger partial charge in [-0.25, -0.2) is 13.6 Å². The fourth-order valence-corrected chi connectivity index (χ4v) is 4.75. The summed E-state index contributed by atoms with van der Waals surface area (Å²) in [5.41, 5.74) is 4.42. The summed E-state index contributed by atoms with van der Waals surface area (Å²) in [5.74, 6) is -0.226. The number of primary sulfonamides is 1. The summed E-state index contributed by atoms with van der Waals surface area (Å²) >= 11 is 0. The molecule has 0 saturated carbocycles. The van der Waals surface area contributed by atoms with Gasteiger partial charge in [0.05, 0.1) is 16.2 Å². The van der Waals surface area contributed by atoms with Crippen molar-refractivity contribution in [3.05, 3.63) is 114 Å². The number of rotatable bonds is 5.